The van der Waals surface area contributed by atoms with Crippen molar-refractivity contribution in [2.75, 3.05) is 0 Å². The van der Waals surface area contributed by atoms with E-state index >= 15 is 0 Å². The molecule has 3 nitrogen and oxygen atoms in total. The quantitative estimate of drug-likeness (QED) is 0.435. The fourth-order valence-electron chi connectivity index (χ4n) is 0.0833. The van der Waals surface area contributed by atoms with Crippen LogP contribution in [0.25, 0.3) is 0 Å². The average molecular weight is 154 g/mol. The lowest BCUT2D eigenvalue weighted by molar-refractivity contribution is 0.283. The molecule has 0 saturated heterocycles. The highest BCUT2D eigenvalue weighted by molar-refractivity contribution is 6.64. The van der Waals surface area contributed by atoms with Gasteiger partial charge in [0.15, 0.2) is 0 Å². The molecule has 0 rings (SSSR count). The van der Waals surface area contributed by atoms with Crippen LogP contribution in [0, 0.1) is 0 Å². The third-order valence-electron chi connectivity index (χ3n) is 0.757. The predicted molar refractivity (Wildman–Crippen MR) is 35.9 cm³/mol. The molecule has 0 amide bonds. The first-order valence-corrected chi connectivity index (χ1v) is 5.85. The molecule has 0 aliphatic rings. The molecule has 0 atom stereocenters. The zero-order valence-electron chi connectivity index (χ0n) is 4.76. The lowest BCUT2D eigenvalue weighted by Gasteiger charge is -2.14. The maximum atomic E-state index is 8.90. The Morgan fingerprint density at radius 1 is 1.43 bits per heavy atom. The van der Waals surface area contributed by atoms with Crippen molar-refractivity contribution in [1.29, 1.82) is 0 Å². The van der Waals surface area contributed by atoms with Gasteiger partial charge in [-0.15, -0.1) is 0 Å². The number of rotatable bonds is 2. The lowest BCUT2D eigenvalue weighted by atomic mass is 11.9. The van der Waals surface area contributed by atoms with E-state index in [9.17, 15) is 0 Å². The highest BCUT2D eigenvalue weighted by atomic mass is 28.4. The summed E-state index contributed by atoms with van der Waals surface area (Å²) in [4.78, 5) is 8.90. The Kier molecular flexibility index (Phi) is 2.95. The molecule has 7 heavy (non-hydrogen) atoms. The standard InChI is InChI=1S/CH10O3Si3/c1-7(2,3-5)4-6/h2H,1,5-6H3. The molecule has 0 bridgehead atoms. The first-order chi connectivity index (χ1) is 3.12. The summed E-state index contributed by atoms with van der Waals surface area (Å²) in [6, 6.07) is 0. The van der Waals surface area contributed by atoms with E-state index in [1.54, 1.807) is 6.55 Å². The van der Waals surface area contributed by atoms with Crippen LogP contribution in [0.15, 0.2) is 0 Å². The molecule has 44 valence electrons. The van der Waals surface area contributed by atoms with Crippen molar-refractivity contribution in [1.82, 2.24) is 0 Å². The van der Waals surface area contributed by atoms with Gasteiger partial charge in [-0.1, -0.05) is 0 Å². The van der Waals surface area contributed by atoms with Crippen LogP contribution < -0.4 is 0 Å². The molecule has 0 aliphatic heterocycles. The molecule has 0 radical (unpaired) electrons. The van der Waals surface area contributed by atoms with E-state index in [4.69, 9.17) is 13.0 Å². The van der Waals surface area contributed by atoms with Crippen molar-refractivity contribution in [3.05, 3.63) is 0 Å². The van der Waals surface area contributed by atoms with Gasteiger partial charge < -0.3 is 13.0 Å². The number of hydrogen-bond donors (Lipinski definition) is 1. The zero-order chi connectivity index (χ0) is 5.91. The summed E-state index contributed by atoms with van der Waals surface area (Å²) >= 11 is 0. The highest BCUT2D eigenvalue weighted by Gasteiger charge is 2.23. The fourth-order valence-corrected chi connectivity index (χ4v) is 2.25. The Labute approximate surface area is 50.1 Å². The van der Waals surface area contributed by atoms with Crippen molar-refractivity contribution >= 4 is 29.8 Å². The first-order valence-electron chi connectivity index (χ1n) is 1.95. The maximum absolute atomic E-state index is 8.90. The van der Waals surface area contributed by atoms with Gasteiger partial charge in [0, 0.05) is 6.55 Å². The van der Waals surface area contributed by atoms with Crippen molar-refractivity contribution in [3.8, 4) is 0 Å². The van der Waals surface area contributed by atoms with Crippen LogP contribution in [0.2, 0.25) is 6.55 Å². The van der Waals surface area contributed by atoms with E-state index < -0.39 is 8.80 Å². The molecule has 0 fully saturated rings. The minimum atomic E-state index is -2.53. The third kappa shape index (κ3) is 3.14. The molecule has 0 saturated carbocycles. The van der Waals surface area contributed by atoms with Crippen LogP contribution in [-0.4, -0.2) is 34.6 Å². The Bertz CT molecular complexity index is 48.1. The normalized spacial score (nSPS) is 19.7. The van der Waals surface area contributed by atoms with Gasteiger partial charge in [-0.05, 0) is 0 Å². The predicted octanol–water partition coefficient (Wildman–Crippen LogP) is -2.86. The van der Waals surface area contributed by atoms with Crippen molar-refractivity contribution in [2.24, 2.45) is 0 Å². The molecule has 0 aromatic heterocycles. The van der Waals surface area contributed by atoms with Gasteiger partial charge in [0.2, 0.25) is 0 Å². The molecule has 0 unspecified atom stereocenters. The maximum Gasteiger partial charge on any atom is 0.472 e. The minimum Gasteiger partial charge on any atom is -0.425 e. The van der Waals surface area contributed by atoms with Crippen molar-refractivity contribution in [3.63, 3.8) is 0 Å². The minimum absolute atomic E-state index is 0.566. The topological polar surface area (TPSA) is 38.7 Å². The van der Waals surface area contributed by atoms with Crippen LogP contribution in [-0.2, 0) is 8.23 Å². The van der Waals surface area contributed by atoms with Crippen LogP contribution >= 0.6 is 0 Å². The Balaban J connectivity index is 3.36. The van der Waals surface area contributed by atoms with Crippen molar-refractivity contribution < 1.29 is 13.0 Å². The Hall–Kier alpha value is 0.531. The van der Waals surface area contributed by atoms with Gasteiger partial charge in [0.05, 0.1) is 0 Å². The molecule has 0 aliphatic carbocycles. The highest BCUT2D eigenvalue weighted by Crippen LogP contribution is 1.93. The second-order valence-electron chi connectivity index (χ2n) is 1.31. The molecule has 0 aromatic carbocycles. The molecule has 0 spiro atoms. The van der Waals surface area contributed by atoms with Gasteiger partial charge in [-0.2, -0.15) is 0 Å². The van der Waals surface area contributed by atoms with E-state index in [-0.39, 0.29) is 0 Å². The lowest BCUT2D eigenvalue weighted by Crippen LogP contribution is -2.36. The summed E-state index contributed by atoms with van der Waals surface area (Å²) in [5, 5.41) is 0. The average Bonchev–Trinajstić information content (AvgIpc) is 1.68. The van der Waals surface area contributed by atoms with Crippen LogP contribution in [0.1, 0.15) is 0 Å². The van der Waals surface area contributed by atoms with Gasteiger partial charge in [-0.3, -0.25) is 0 Å². The molecule has 0 heterocycles. The van der Waals surface area contributed by atoms with Crippen LogP contribution in [0.3, 0.4) is 0 Å². The van der Waals surface area contributed by atoms with Gasteiger partial charge >= 0.3 is 8.80 Å². The van der Waals surface area contributed by atoms with E-state index in [2.05, 4.69) is 0 Å². The van der Waals surface area contributed by atoms with E-state index in [1.165, 1.54) is 0 Å². The summed E-state index contributed by atoms with van der Waals surface area (Å²) in [5.74, 6) is 0. The summed E-state index contributed by atoms with van der Waals surface area (Å²) in [6.07, 6.45) is 0. The Morgan fingerprint density at radius 2 is 1.71 bits per heavy atom. The summed E-state index contributed by atoms with van der Waals surface area (Å²) in [5.41, 5.74) is 0. The molecule has 1 N–H and O–H groups in total. The fraction of sp³-hybridized carbons (Fsp3) is 1.00. The summed E-state index contributed by atoms with van der Waals surface area (Å²) < 4.78 is 9.47. The third-order valence-corrected chi connectivity index (χ3v) is 6.82. The van der Waals surface area contributed by atoms with Gasteiger partial charge in [-0.25, -0.2) is 0 Å². The molecular weight excluding hydrogens is 144 g/mol. The summed E-state index contributed by atoms with van der Waals surface area (Å²) in [7, 11) is -1.40. The van der Waals surface area contributed by atoms with Gasteiger partial charge in [0.25, 0.3) is 0 Å². The molecular formula is CH10O3Si3. The second kappa shape index (κ2) is 2.75. The zero-order valence-corrected chi connectivity index (χ0v) is 9.76. The van der Waals surface area contributed by atoms with Crippen LogP contribution in [0.4, 0.5) is 0 Å². The monoisotopic (exact) mass is 154 g/mol. The SMILES string of the molecule is C[Si](O)(O[SiH3])O[SiH3]. The molecule has 0 aromatic rings. The van der Waals surface area contributed by atoms with E-state index in [1.807, 2.05) is 0 Å². The van der Waals surface area contributed by atoms with E-state index in [0.29, 0.717) is 21.0 Å². The van der Waals surface area contributed by atoms with Crippen molar-refractivity contribution in [2.45, 2.75) is 6.55 Å². The molecule has 6 heteroatoms. The Morgan fingerprint density at radius 3 is 1.71 bits per heavy atom. The largest absolute Gasteiger partial charge is 0.472 e. The summed E-state index contributed by atoms with van der Waals surface area (Å²) in [6.45, 7) is 1.62. The van der Waals surface area contributed by atoms with E-state index in [0.717, 1.165) is 0 Å². The first kappa shape index (κ1) is 7.53. The van der Waals surface area contributed by atoms with Crippen LogP contribution in [0.5, 0.6) is 0 Å². The smallest absolute Gasteiger partial charge is 0.425 e. The number of hydrogen-bond acceptors (Lipinski definition) is 3. The van der Waals surface area contributed by atoms with Gasteiger partial charge in [0.1, 0.15) is 21.0 Å². The second-order valence-corrected chi connectivity index (χ2v) is 6.37.